The number of nitrogens with one attached hydrogen (secondary N) is 2. The van der Waals surface area contributed by atoms with Crippen LogP contribution in [0.25, 0.3) is 6.08 Å². The largest absolute Gasteiger partial charge is 0.497 e. The van der Waals surface area contributed by atoms with Crippen molar-refractivity contribution < 1.29 is 29.1 Å². The third kappa shape index (κ3) is 6.29. The fourth-order valence-corrected chi connectivity index (χ4v) is 2.03. The fourth-order valence-electron chi connectivity index (χ4n) is 2.03. The van der Waals surface area contributed by atoms with E-state index in [9.17, 15) is 14.4 Å². The lowest BCUT2D eigenvalue weighted by molar-refractivity contribution is -0.148. The lowest BCUT2D eigenvalue weighted by Gasteiger charge is -2.11. The van der Waals surface area contributed by atoms with Gasteiger partial charge in [0.15, 0.2) is 6.61 Å². The SMILES string of the molecule is COc1ccc(/C=C(/NC(=O)c2ccccc2)C(=O)NOCC(=O)O)cc1. The Bertz CT molecular complexity index is 831. The Balaban J connectivity index is 2.21. The number of ether oxygens (including phenoxy) is 1. The summed E-state index contributed by atoms with van der Waals surface area (Å²) in [6.45, 7) is -0.714. The summed E-state index contributed by atoms with van der Waals surface area (Å²) in [5.74, 6) is -1.90. The van der Waals surface area contributed by atoms with Gasteiger partial charge in [0.2, 0.25) is 0 Å². The van der Waals surface area contributed by atoms with Crippen LogP contribution in [0.4, 0.5) is 0 Å². The first kappa shape index (κ1) is 19.7. The topological polar surface area (TPSA) is 114 Å². The molecule has 0 aliphatic carbocycles. The highest BCUT2D eigenvalue weighted by Gasteiger charge is 2.15. The number of amides is 2. The van der Waals surface area contributed by atoms with Crippen molar-refractivity contribution in [3.63, 3.8) is 0 Å². The van der Waals surface area contributed by atoms with Crippen LogP contribution in [-0.4, -0.2) is 36.6 Å². The predicted molar refractivity (Wildman–Crippen MR) is 96.6 cm³/mol. The fraction of sp³-hybridized carbons (Fsp3) is 0.105. The lowest BCUT2D eigenvalue weighted by atomic mass is 10.1. The monoisotopic (exact) mass is 370 g/mol. The molecule has 2 rings (SSSR count). The molecule has 8 heteroatoms. The third-order valence-electron chi connectivity index (χ3n) is 3.32. The number of carboxylic acids is 1. The Morgan fingerprint density at radius 2 is 1.70 bits per heavy atom. The lowest BCUT2D eigenvalue weighted by Crippen LogP contribution is -2.35. The van der Waals surface area contributed by atoms with Crippen molar-refractivity contribution in [3.05, 3.63) is 71.4 Å². The zero-order valence-corrected chi connectivity index (χ0v) is 14.5. The first-order valence-corrected chi connectivity index (χ1v) is 7.85. The van der Waals surface area contributed by atoms with E-state index in [0.29, 0.717) is 16.9 Å². The van der Waals surface area contributed by atoms with Crippen molar-refractivity contribution in [1.29, 1.82) is 0 Å². The molecule has 0 atom stereocenters. The van der Waals surface area contributed by atoms with Crippen molar-refractivity contribution in [2.24, 2.45) is 0 Å². The molecule has 27 heavy (non-hydrogen) atoms. The number of carbonyl (C=O) groups excluding carboxylic acids is 2. The minimum Gasteiger partial charge on any atom is -0.497 e. The van der Waals surface area contributed by atoms with Crippen LogP contribution in [-0.2, 0) is 14.4 Å². The van der Waals surface area contributed by atoms with E-state index in [1.807, 2.05) is 5.48 Å². The smallest absolute Gasteiger partial charge is 0.332 e. The van der Waals surface area contributed by atoms with Gasteiger partial charge in [-0.2, -0.15) is 0 Å². The number of methoxy groups -OCH3 is 1. The normalized spacial score (nSPS) is 10.8. The van der Waals surface area contributed by atoms with Crippen LogP contribution in [0.5, 0.6) is 5.75 Å². The van der Waals surface area contributed by atoms with Gasteiger partial charge in [0, 0.05) is 5.56 Å². The molecule has 0 aliphatic rings. The third-order valence-corrected chi connectivity index (χ3v) is 3.32. The van der Waals surface area contributed by atoms with Gasteiger partial charge in [-0.1, -0.05) is 30.3 Å². The summed E-state index contributed by atoms with van der Waals surface area (Å²) in [5.41, 5.74) is 2.85. The Kier molecular flexibility index (Phi) is 7.09. The Morgan fingerprint density at radius 1 is 1.04 bits per heavy atom. The molecule has 2 aromatic rings. The quantitative estimate of drug-likeness (QED) is 0.480. The average Bonchev–Trinajstić information content (AvgIpc) is 2.68. The van der Waals surface area contributed by atoms with Gasteiger partial charge in [-0.05, 0) is 35.9 Å². The molecule has 0 aromatic heterocycles. The van der Waals surface area contributed by atoms with E-state index in [0.717, 1.165) is 0 Å². The van der Waals surface area contributed by atoms with Crippen LogP contribution < -0.4 is 15.5 Å². The second kappa shape index (κ2) is 9.73. The molecule has 0 radical (unpaired) electrons. The van der Waals surface area contributed by atoms with E-state index in [1.54, 1.807) is 54.6 Å². The van der Waals surface area contributed by atoms with Gasteiger partial charge in [0.1, 0.15) is 11.4 Å². The second-order valence-electron chi connectivity index (χ2n) is 5.26. The zero-order chi connectivity index (χ0) is 19.6. The van der Waals surface area contributed by atoms with Gasteiger partial charge in [0.05, 0.1) is 7.11 Å². The highest BCUT2D eigenvalue weighted by Crippen LogP contribution is 2.14. The molecule has 140 valence electrons. The van der Waals surface area contributed by atoms with Crippen molar-refractivity contribution in [2.75, 3.05) is 13.7 Å². The first-order chi connectivity index (χ1) is 13.0. The molecule has 0 bridgehead atoms. The number of carboxylic acid groups (broad SMARTS) is 1. The number of aliphatic carboxylic acids is 1. The molecule has 2 aromatic carbocycles. The van der Waals surface area contributed by atoms with Gasteiger partial charge in [-0.3, -0.25) is 14.4 Å². The number of hydroxylamine groups is 1. The summed E-state index contributed by atoms with van der Waals surface area (Å²) in [7, 11) is 1.53. The van der Waals surface area contributed by atoms with Gasteiger partial charge in [-0.15, -0.1) is 0 Å². The van der Waals surface area contributed by atoms with Gasteiger partial charge < -0.3 is 15.2 Å². The minimum absolute atomic E-state index is 0.112. The Labute approximate surface area is 155 Å². The van der Waals surface area contributed by atoms with E-state index >= 15 is 0 Å². The van der Waals surface area contributed by atoms with Crippen LogP contribution in [0, 0.1) is 0 Å². The first-order valence-electron chi connectivity index (χ1n) is 7.85. The van der Waals surface area contributed by atoms with Crippen LogP contribution >= 0.6 is 0 Å². The average molecular weight is 370 g/mol. The molecule has 8 nitrogen and oxygen atoms in total. The highest BCUT2D eigenvalue weighted by molar-refractivity contribution is 6.05. The number of carbonyl (C=O) groups is 3. The number of benzene rings is 2. The van der Waals surface area contributed by atoms with Crippen molar-refractivity contribution in [3.8, 4) is 5.75 Å². The van der Waals surface area contributed by atoms with Crippen LogP contribution in [0.2, 0.25) is 0 Å². The minimum atomic E-state index is -1.25. The Hall–Kier alpha value is -3.65. The van der Waals surface area contributed by atoms with E-state index in [4.69, 9.17) is 9.84 Å². The highest BCUT2D eigenvalue weighted by atomic mass is 16.7. The maximum absolute atomic E-state index is 12.3. The van der Waals surface area contributed by atoms with Crippen LogP contribution in [0.3, 0.4) is 0 Å². The number of rotatable bonds is 8. The number of hydrogen-bond acceptors (Lipinski definition) is 5. The van der Waals surface area contributed by atoms with Crippen molar-refractivity contribution >= 4 is 23.9 Å². The molecule has 0 heterocycles. The molecule has 0 aliphatic heterocycles. The standard InChI is InChI=1S/C19H18N2O6/c1-26-15-9-7-13(8-10-15)11-16(19(25)21-27-12-17(22)23)20-18(24)14-5-3-2-4-6-14/h2-11H,12H2,1H3,(H,20,24)(H,21,25)(H,22,23)/b16-11+. The molecule has 2 amide bonds. The van der Waals surface area contributed by atoms with E-state index in [2.05, 4.69) is 10.2 Å². The van der Waals surface area contributed by atoms with Crippen LogP contribution in [0.15, 0.2) is 60.3 Å². The maximum atomic E-state index is 12.3. The van der Waals surface area contributed by atoms with Gasteiger partial charge in [0.25, 0.3) is 11.8 Å². The summed E-state index contributed by atoms with van der Waals surface area (Å²) < 4.78 is 5.07. The van der Waals surface area contributed by atoms with E-state index < -0.39 is 24.4 Å². The second-order valence-corrected chi connectivity index (χ2v) is 5.26. The number of hydrogen-bond donors (Lipinski definition) is 3. The summed E-state index contributed by atoms with van der Waals surface area (Å²) in [5, 5.41) is 11.1. The summed E-state index contributed by atoms with van der Waals surface area (Å²) in [4.78, 5) is 39.7. The van der Waals surface area contributed by atoms with Gasteiger partial charge >= 0.3 is 5.97 Å². The Morgan fingerprint density at radius 3 is 2.30 bits per heavy atom. The molecule has 0 saturated heterocycles. The summed E-state index contributed by atoms with van der Waals surface area (Å²) in [6.07, 6.45) is 1.43. The zero-order valence-electron chi connectivity index (χ0n) is 14.5. The summed E-state index contributed by atoms with van der Waals surface area (Å²) in [6, 6.07) is 15.1. The molecule has 0 spiro atoms. The van der Waals surface area contributed by atoms with Gasteiger partial charge in [-0.25, -0.2) is 10.3 Å². The van der Waals surface area contributed by atoms with Crippen LogP contribution in [0.1, 0.15) is 15.9 Å². The van der Waals surface area contributed by atoms with Crippen molar-refractivity contribution in [1.82, 2.24) is 10.8 Å². The summed E-state index contributed by atoms with van der Waals surface area (Å²) >= 11 is 0. The molecular weight excluding hydrogens is 352 g/mol. The maximum Gasteiger partial charge on any atom is 0.332 e. The molecule has 0 saturated carbocycles. The van der Waals surface area contributed by atoms with E-state index in [1.165, 1.54) is 13.2 Å². The van der Waals surface area contributed by atoms with E-state index in [-0.39, 0.29) is 5.70 Å². The molecule has 0 unspecified atom stereocenters. The molecule has 0 fully saturated rings. The predicted octanol–water partition coefficient (Wildman–Crippen LogP) is 1.60. The molecular formula is C19H18N2O6. The molecule has 3 N–H and O–H groups in total. The van der Waals surface area contributed by atoms with Crippen molar-refractivity contribution in [2.45, 2.75) is 0 Å².